The molecule has 1 N–H and O–H groups in total. The molecule has 1 aliphatic rings. The van der Waals surface area contributed by atoms with Crippen LogP contribution in [-0.2, 0) is 0 Å². The van der Waals surface area contributed by atoms with Gasteiger partial charge in [0.2, 0.25) is 0 Å². The van der Waals surface area contributed by atoms with Crippen LogP contribution in [0.3, 0.4) is 0 Å². The highest BCUT2D eigenvalue weighted by Gasteiger charge is 2.26. The van der Waals surface area contributed by atoms with Gasteiger partial charge in [0.15, 0.2) is 5.82 Å². The molecule has 2 atom stereocenters. The SMILES string of the molecule is COc1ccc(C2=C[C@@H](C)[C@H](c3nn[nH]n3)CC2)cc1. The van der Waals surface area contributed by atoms with Crippen molar-refractivity contribution in [1.82, 2.24) is 20.6 Å². The number of nitrogens with zero attached hydrogens (tertiary/aromatic N) is 3. The summed E-state index contributed by atoms with van der Waals surface area (Å²) in [5, 5.41) is 14.4. The van der Waals surface area contributed by atoms with E-state index in [1.54, 1.807) is 7.11 Å². The van der Waals surface area contributed by atoms with E-state index in [-0.39, 0.29) is 0 Å². The van der Waals surface area contributed by atoms with Crippen LogP contribution in [0.15, 0.2) is 30.3 Å². The molecule has 0 saturated heterocycles. The second kappa shape index (κ2) is 5.45. The highest BCUT2D eigenvalue weighted by atomic mass is 16.5. The number of H-pyrrole nitrogens is 1. The fraction of sp³-hybridized carbons (Fsp3) is 0.400. The number of ether oxygens (including phenoxy) is 1. The molecular weight excluding hydrogens is 252 g/mol. The Morgan fingerprint density at radius 1 is 1.25 bits per heavy atom. The summed E-state index contributed by atoms with van der Waals surface area (Å²) < 4.78 is 5.20. The molecule has 0 spiro atoms. The molecule has 20 heavy (non-hydrogen) atoms. The van der Waals surface area contributed by atoms with Gasteiger partial charge >= 0.3 is 0 Å². The molecule has 1 aromatic carbocycles. The Kier molecular flexibility index (Phi) is 3.50. The zero-order valence-corrected chi connectivity index (χ0v) is 11.7. The molecule has 1 aliphatic carbocycles. The third kappa shape index (κ3) is 2.43. The van der Waals surface area contributed by atoms with Crippen LogP contribution in [-0.4, -0.2) is 27.7 Å². The van der Waals surface area contributed by atoms with Crippen LogP contribution in [0.25, 0.3) is 5.57 Å². The van der Waals surface area contributed by atoms with Crippen molar-refractivity contribution in [2.24, 2.45) is 5.92 Å². The van der Waals surface area contributed by atoms with E-state index in [2.05, 4.69) is 45.8 Å². The Bertz CT molecular complexity index is 589. The van der Waals surface area contributed by atoms with E-state index < -0.39 is 0 Å². The van der Waals surface area contributed by atoms with Crippen molar-refractivity contribution >= 4 is 5.57 Å². The molecule has 0 fully saturated rings. The van der Waals surface area contributed by atoms with Gasteiger partial charge in [-0.25, -0.2) is 0 Å². The number of aromatic nitrogens is 4. The largest absolute Gasteiger partial charge is 0.497 e. The fourth-order valence-corrected chi connectivity index (χ4v) is 2.83. The van der Waals surface area contributed by atoms with Gasteiger partial charge in [-0.2, -0.15) is 5.21 Å². The Hall–Kier alpha value is -2.17. The number of tetrazole rings is 1. The minimum atomic E-state index is 0.357. The van der Waals surface area contributed by atoms with Crippen LogP contribution in [0, 0.1) is 5.92 Å². The van der Waals surface area contributed by atoms with Crippen LogP contribution in [0.2, 0.25) is 0 Å². The summed E-state index contributed by atoms with van der Waals surface area (Å²) in [5.74, 6) is 2.49. The molecule has 0 bridgehead atoms. The van der Waals surface area contributed by atoms with Gasteiger partial charge < -0.3 is 4.74 Å². The number of hydrogen-bond donors (Lipinski definition) is 1. The zero-order valence-electron chi connectivity index (χ0n) is 11.7. The van der Waals surface area contributed by atoms with Crippen LogP contribution in [0.4, 0.5) is 0 Å². The van der Waals surface area contributed by atoms with Crippen molar-refractivity contribution in [3.05, 3.63) is 41.7 Å². The molecule has 5 heteroatoms. The summed E-state index contributed by atoms with van der Waals surface area (Å²) in [6, 6.07) is 8.25. The molecular formula is C15H18N4O. The highest BCUT2D eigenvalue weighted by Crippen LogP contribution is 2.38. The minimum Gasteiger partial charge on any atom is -0.497 e. The van der Waals surface area contributed by atoms with E-state index in [0.29, 0.717) is 11.8 Å². The third-order valence-electron chi connectivity index (χ3n) is 3.98. The van der Waals surface area contributed by atoms with E-state index in [1.165, 1.54) is 11.1 Å². The van der Waals surface area contributed by atoms with Crippen LogP contribution < -0.4 is 4.74 Å². The number of nitrogens with one attached hydrogen (secondary N) is 1. The number of aromatic amines is 1. The molecule has 0 amide bonds. The summed E-state index contributed by atoms with van der Waals surface area (Å²) in [6.45, 7) is 2.21. The molecule has 2 aromatic rings. The Labute approximate surface area is 118 Å². The molecule has 5 nitrogen and oxygen atoms in total. The average molecular weight is 270 g/mol. The number of methoxy groups -OCH3 is 1. The first-order valence-corrected chi connectivity index (χ1v) is 6.86. The van der Waals surface area contributed by atoms with Gasteiger partial charge in [0.05, 0.1) is 7.11 Å². The van der Waals surface area contributed by atoms with Crippen molar-refractivity contribution in [1.29, 1.82) is 0 Å². The van der Waals surface area contributed by atoms with Crippen molar-refractivity contribution in [3.8, 4) is 5.75 Å². The van der Waals surface area contributed by atoms with Gasteiger partial charge in [-0.3, -0.25) is 0 Å². The molecule has 0 saturated carbocycles. The molecule has 0 radical (unpaired) electrons. The smallest absolute Gasteiger partial charge is 0.178 e. The number of hydrogen-bond acceptors (Lipinski definition) is 4. The van der Waals surface area contributed by atoms with Gasteiger partial charge in [-0.15, -0.1) is 10.2 Å². The fourth-order valence-electron chi connectivity index (χ4n) is 2.83. The van der Waals surface area contributed by atoms with Crippen LogP contribution in [0.5, 0.6) is 5.75 Å². The average Bonchev–Trinajstić information content (AvgIpc) is 3.01. The first-order valence-electron chi connectivity index (χ1n) is 6.86. The molecule has 1 heterocycles. The number of rotatable bonds is 3. The van der Waals surface area contributed by atoms with Crippen molar-refractivity contribution in [2.75, 3.05) is 7.11 Å². The lowest BCUT2D eigenvalue weighted by Crippen LogP contribution is -2.14. The van der Waals surface area contributed by atoms with Gasteiger partial charge in [-0.05, 0) is 42.0 Å². The monoisotopic (exact) mass is 270 g/mol. The molecule has 0 unspecified atom stereocenters. The van der Waals surface area contributed by atoms with Crippen LogP contribution >= 0.6 is 0 Å². The predicted molar refractivity (Wildman–Crippen MR) is 76.3 cm³/mol. The van der Waals surface area contributed by atoms with Gasteiger partial charge in [0.25, 0.3) is 0 Å². The quantitative estimate of drug-likeness (QED) is 0.931. The highest BCUT2D eigenvalue weighted by molar-refractivity contribution is 5.67. The summed E-state index contributed by atoms with van der Waals surface area (Å²) >= 11 is 0. The van der Waals surface area contributed by atoms with Gasteiger partial charge in [0, 0.05) is 5.92 Å². The third-order valence-corrected chi connectivity index (χ3v) is 3.98. The van der Waals surface area contributed by atoms with Crippen molar-refractivity contribution < 1.29 is 4.74 Å². The maximum atomic E-state index is 5.20. The standard InChI is InChI=1S/C15H18N4O/c1-10-9-12(11-3-6-13(20-2)7-4-11)5-8-14(10)15-16-18-19-17-15/h3-4,6-7,9-10,14H,5,8H2,1-2H3,(H,16,17,18,19)/t10-,14-/m1/s1. The molecule has 0 aliphatic heterocycles. The van der Waals surface area contributed by atoms with Crippen molar-refractivity contribution in [2.45, 2.75) is 25.7 Å². The zero-order chi connectivity index (χ0) is 13.9. The lowest BCUT2D eigenvalue weighted by atomic mass is 9.79. The summed E-state index contributed by atoms with van der Waals surface area (Å²) in [7, 11) is 1.69. The number of allylic oxidation sites excluding steroid dienone is 2. The van der Waals surface area contributed by atoms with E-state index in [4.69, 9.17) is 4.74 Å². The summed E-state index contributed by atoms with van der Waals surface area (Å²) in [5.41, 5.74) is 2.66. The number of benzene rings is 1. The predicted octanol–water partition coefficient (Wildman–Crippen LogP) is 2.81. The Balaban J connectivity index is 1.80. The van der Waals surface area contributed by atoms with E-state index in [9.17, 15) is 0 Å². The van der Waals surface area contributed by atoms with E-state index in [1.807, 2.05) is 12.1 Å². The minimum absolute atomic E-state index is 0.357. The second-order valence-corrected chi connectivity index (χ2v) is 5.19. The second-order valence-electron chi connectivity index (χ2n) is 5.19. The summed E-state index contributed by atoms with van der Waals surface area (Å²) in [6.07, 6.45) is 4.42. The first kappa shape index (κ1) is 12.8. The first-order chi connectivity index (χ1) is 9.78. The maximum Gasteiger partial charge on any atom is 0.178 e. The topological polar surface area (TPSA) is 63.7 Å². The summed E-state index contributed by atoms with van der Waals surface area (Å²) in [4.78, 5) is 0. The molecule has 3 rings (SSSR count). The maximum absolute atomic E-state index is 5.20. The van der Waals surface area contributed by atoms with Crippen molar-refractivity contribution in [3.63, 3.8) is 0 Å². The Morgan fingerprint density at radius 3 is 2.65 bits per heavy atom. The van der Waals surface area contributed by atoms with Gasteiger partial charge in [-0.1, -0.05) is 30.3 Å². The normalized spacial score (nSPS) is 22.4. The van der Waals surface area contributed by atoms with E-state index in [0.717, 1.165) is 24.4 Å². The van der Waals surface area contributed by atoms with Crippen LogP contribution in [0.1, 0.15) is 37.1 Å². The lowest BCUT2D eigenvalue weighted by molar-refractivity contribution is 0.414. The lowest BCUT2D eigenvalue weighted by Gasteiger charge is -2.25. The van der Waals surface area contributed by atoms with Gasteiger partial charge in [0.1, 0.15) is 5.75 Å². The molecule has 1 aromatic heterocycles. The Morgan fingerprint density at radius 2 is 2.05 bits per heavy atom. The molecule has 104 valence electrons. The van der Waals surface area contributed by atoms with E-state index >= 15 is 0 Å².